The smallest absolute Gasteiger partial charge is 0.317 e. The van der Waals surface area contributed by atoms with Crippen molar-refractivity contribution in [2.24, 2.45) is 5.92 Å². The molecule has 0 bridgehead atoms. The highest BCUT2D eigenvalue weighted by Gasteiger charge is 2.32. The quantitative estimate of drug-likeness (QED) is 0.318. The van der Waals surface area contributed by atoms with Gasteiger partial charge in [-0.15, -0.1) is 0 Å². The molecule has 0 radical (unpaired) electrons. The molecule has 4 heteroatoms. The second-order valence-corrected chi connectivity index (χ2v) is 8.83. The first-order valence-electron chi connectivity index (χ1n) is 5.63. The fourth-order valence-corrected chi connectivity index (χ4v) is 3.39. The number of ether oxygens (including phenoxy) is 1. The Hall–Kier alpha value is -0.643. The molecule has 0 aromatic rings. The van der Waals surface area contributed by atoms with Gasteiger partial charge in [-0.1, -0.05) is 33.2 Å². The minimum absolute atomic E-state index is 0.0553. The van der Waals surface area contributed by atoms with Gasteiger partial charge in [0, 0.05) is 9.52 Å². The Kier molecular flexibility index (Phi) is 4.08. The number of hydrogen-bond acceptors (Lipinski definition) is 3. The van der Waals surface area contributed by atoms with Crippen LogP contribution in [0.4, 0.5) is 0 Å². The number of carbonyl (C=O) groups is 2. The zero-order valence-electron chi connectivity index (χ0n) is 9.84. The van der Waals surface area contributed by atoms with Crippen LogP contribution in [0, 0.1) is 5.92 Å². The molecule has 0 N–H and O–H groups in total. The predicted octanol–water partition coefficient (Wildman–Crippen LogP) is 1.66. The van der Waals surface area contributed by atoms with Crippen LogP contribution in [0.3, 0.4) is 0 Å². The first kappa shape index (κ1) is 12.4. The molecule has 1 unspecified atom stereocenters. The number of esters is 2. The van der Waals surface area contributed by atoms with Gasteiger partial charge in [0.25, 0.3) is 0 Å². The van der Waals surface area contributed by atoms with E-state index in [1.807, 2.05) is 0 Å². The van der Waals surface area contributed by atoms with Crippen LogP contribution in [-0.4, -0.2) is 21.5 Å². The Labute approximate surface area is 93.4 Å². The molecule has 0 aromatic carbocycles. The Morgan fingerprint density at radius 1 is 1.40 bits per heavy atom. The molecule has 0 saturated carbocycles. The van der Waals surface area contributed by atoms with Crippen LogP contribution in [-0.2, 0) is 14.3 Å². The molecule has 1 aliphatic heterocycles. The van der Waals surface area contributed by atoms with Crippen molar-refractivity contribution in [3.05, 3.63) is 0 Å². The summed E-state index contributed by atoms with van der Waals surface area (Å²) in [6, 6.07) is 1.25. The zero-order valence-corrected chi connectivity index (χ0v) is 11.3. The van der Waals surface area contributed by atoms with E-state index in [0.717, 1.165) is 12.8 Å². The number of cyclic esters (lactones) is 2. The number of hydrogen-bond donors (Lipinski definition) is 0. The maximum absolute atomic E-state index is 11.1. The second kappa shape index (κ2) is 4.92. The molecule has 15 heavy (non-hydrogen) atoms. The van der Waals surface area contributed by atoms with Crippen molar-refractivity contribution >= 4 is 21.5 Å². The predicted molar refractivity (Wildman–Crippen MR) is 61.5 cm³/mol. The van der Waals surface area contributed by atoms with Crippen molar-refractivity contribution in [2.75, 3.05) is 0 Å². The number of carbonyl (C=O) groups excluding carboxylic acids is 2. The van der Waals surface area contributed by atoms with Gasteiger partial charge in [0.1, 0.15) is 0 Å². The first-order valence-corrected chi connectivity index (χ1v) is 7.34. The highest BCUT2D eigenvalue weighted by atomic mass is 28.2. The summed E-state index contributed by atoms with van der Waals surface area (Å²) in [5.41, 5.74) is 0. The van der Waals surface area contributed by atoms with E-state index in [-0.39, 0.29) is 27.4 Å². The minimum Gasteiger partial charge on any atom is -0.393 e. The maximum atomic E-state index is 11.1. The normalized spacial score (nSPS) is 22.7. The van der Waals surface area contributed by atoms with Gasteiger partial charge in [-0.3, -0.25) is 9.59 Å². The van der Waals surface area contributed by atoms with Crippen molar-refractivity contribution in [1.29, 1.82) is 0 Å². The molecular weight excluding hydrogens is 208 g/mol. The average Bonchev–Trinajstić information content (AvgIpc) is 2.37. The van der Waals surface area contributed by atoms with E-state index < -0.39 is 0 Å². The van der Waals surface area contributed by atoms with Gasteiger partial charge in [-0.2, -0.15) is 0 Å². The molecule has 1 atom stereocenters. The summed E-state index contributed by atoms with van der Waals surface area (Å²) in [7, 11) is -0.0553. The monoisotopic (exact) mass is 228 g/mol. The molecule has 0 aliphatic carbocycles. The van der Waals surface area contributed by atoms with Crippen LogP contribution in [0.1, 0.15) is 40.0 Å². The SMILES string of the molecule is CC(C)(C)[SiH2]CCCC1CC(=O)OC1=O. The van der Waals surface area contributed by atoms with Gasteiger partial charge >= 0.3 is 11.9 Å². The van der Waals surface area contributed by atoms with Crippen molar-refractivity contribution in [3.63, 3.8) is 0 Å². The van der Waals surface area contributed by atoms with Crippen LogP contribution in [0.2, 0.25) is 11.1 Å². The minimum atomic E-state index is -0.349. The van der Waals surface area contributed by atoms with Crippen LogP contribution in [0.15, 0.2) is 0 Å². The van der Waals surface area contributed by atoms with Gasteiger partial charge in [0.2, 0.25) is 0 Å². The first-order chi connectivity index (χ1) is 6.88. The molecule has 0 spiro atoms. The summed E-state index contributed by atoms with van der Waals surface area (Å²) in [5, 5.41) is 0.492. The van der Waals surface area contributed by atoms with Crippen molar-refractivity contribution < 1.29 is 14.3 Å². The largest absolute Gasteiger partial charge is 0.393 e. The van der Waals surface area contributed by atoms with Crippen LogP contribution in [0.25, 0.3) is 0 Å². The van der Waals surface area contributed by atoms with Crippen molar-refractivity contribution in [1.82, 2.24) is 0 Å². The molecule has 1 saturated heterocycles. The van der Waals surface area contributed by atoms with Crippen LogP contribution >= 0.6 is 0 Å². The number of rotatable bonds is 4. The Bertz CT molecular complexity index is 255. The highest BCUT2D eigenvalue weighted by Crippen LogP contribution is 2.25. The van der Waals surface area contributed by atoms with Gasteiger partial charge in [-0.05, 0) is 11.5 Å². The lowest BCUT2D eigenvalue weighted by Gasteiger charge is -2.16. The maximum Gasteiger partial charge on any atom is 0.317 e. The van der Waals surface area contributed by atoms with E-state index in [2.05, 4.69) is 25.5 Å². The zero-order chi connectivity index (χ0) is 11.5. The molecule has 3 nitrogen and oxygen atoms in total. The molecule has 86 valence electrons. The van der Waals surface area contributed by atoms with Gasteiger partial charge in [0.15, 0.2) is 0 Å². The van der Waals surface area contributed by atoms with Gasteiger partial charge < -0.3 is 4.74 Å². The van der Waals surface area contributed by atoms with Crippen LogP contribution in [0.5, 0.6) is 0 Å². The third kappa shape index (κ3) is 4.60. The highest BCUT2D eigenvalue weighted by molar-refractivity contribution is 6.39. The van der Waals surface area contributed by atoms with E-state index >= 15 is 0 Å². The molecule has 0 amide bonds. The second-order valence-electron chi connectivity index (χ2n) is 5.50. The summed E-state index contributed by atoms with van der Waals surface area (Å²) in [6.07, 6.45) is 2.19. The van der Waals surface area contributed by atoms with Gasteiger partial charge in [0.05, 0.1) is 12.3 Å². The molecule has 0 aromatic heterocycles. The van der Waals surface area contributed by atoms with E-state index in [9.17, 15) is 9.59 Å². The third-order valence-electron chi connectivity index (χ3n) is 2.69. The molecule has 1 heterocycles. The molecule has 1 rings (SSSR count). The van der Waals surface area contributed by atoms with E-state index in [1.165, 1.54) is 6.04 Å². The average molecular weight is 228 g/mol. The van der Waals surface area contributed by atoms with E-state index in [4.69, 9.17) is 0 Å². The Morgan fingerprint density at radius 3 is 2.53 bits per heavy atom. The molecular formula is C11H20O3Si. The van der Waals surface area contributed by atoms with Crippen molar-refractivity contribution in [3.8, 4) is 0 Å². The summed E-state index contributed by atoms with van der Waals surface area (Å²) in [6.45, 7) is 6.81. The van der Waals surface area contributed by atoms with E-state index in [1.54, 1.807) is 0 Å². The van der Waals surface area contributed by atoms with Gasteiger partial charge in [-0.25, -0.2) is 0 Å². The lowest BCUT2D eigenvalue weighted by Crippen LogP contribution is -2.10. The van der Waals surface area contributed by atoms with E-state index in [0.29, 0.717) is 11.5 Å². The summed E-state index contributed by atoms with van der Waals surface area (Å²) in [5.74, 6) is -0.804. The lowest BCUT2D eigenvalue weighted by atomic mass is 10.0. The Morgan fingerprint density at radius 2 is 2.07 bits per heavy atom. The third-order valence-corrected chi connectivity index (χ3v) is 5.04. The Balaban J connectivity index is 2.16. The molecule has 1 aliphatic rings. The van der Waals surface area contributed by atoms with Crippen molar-refractivity contribution in [2.45, 2.75) is 51.1 Å². The summed E-state index contributed by atoms with van der Waals surface area (Å²) in [4.78, 5) is 22.0. The fraction of sp³-hybridized carbons (Fsp3) is 0.818. The topological polar surface area (TPSA) is 43.4 Å². The summed E-state index contributed by atoms with van der Waals surface area (Å²) >= 11 is 0. The standard InChI is InChI=1S/C11H20O3Si/c1-11(2,3)15-6-4-5-8-7-9(12)14-10(8)13/h8H,4-7,15H2,1-3H3. The van der Waals surface area contributed by atoms with Crippen LogP contribution < -0.4 is 0 Å². The lowest BCUT2D eigenvalue weighted by molar-refractivity contribution is -0.153. The fourth-order valence-electron chi connectivity index (χ4n) is 1.79. The summed E-state index contributed by atoms with van der Waals surface area (Å²) < 4.78 is 4.51. The molecule has 1 fully saturated rings.